The minimum Gasteiger partial charge on any atom is -0.462 e. The Bertz CT molecular complexity index is 740. The van der Waals surface area contributed by atoms with Gasteiger partial charge in [-0.3, -0.25) is 4.98 Å². The van der Waals surface area contributed by atoms with E-state index in [1.807, 2.05) is 30.6 Å². The summed E-state index contributed by atoms with van der Waals surface area (Å²) in [6.07, 6.45) is 7.36. The standard InChI is InChI=1S/C13H8N2O/c1-2-4-11-9(3-1)13-12-10(5-8-16-13)14-6-7-15(11)12/h1-8H. The zero-order chi connectivity index (χ0) is 10.5. The molecule has 0 saturated carbocycles. The molecule has 2 aromatic heterocycles. The molecule has 3 heterocycles. The quantitative estimate of drug-likeness (QED) is 0.568. The van der Waals surface area contributed by atoms with Crippen LogP contribution in [0.3, 0.4) is 0 Å². The van der Waals surface area contributed by atoms with Crippen LogP contribution < -0.4 is 4.74 Å². The van der Waals surface area contributed by atoms with Crippen LogP contribution in [0, 0.1) is 0 Å². The molecule has 76 valence electrons. The summed E-state index contributed by atoms with van der Waals surface area (Å²) in [5, 5.41) is 1.13. The van der Waals surface area contributed by atoms with Crippen LogP contribution in [0.4, 0.5) is 0 Å². The molecule has 0 unspecified atom stereocenters. The number of hydrogen-bond acceptors (Lipinski definition) is 2. The van der Waals surface area contributed by atoms with Gasteiger partial charge in [-0.15, -0.1) is 0 Å². The van der Waals surface area contributed by atoms with Crippen molar-refractivity contribution in [1.82, 2.24) is 9.38 Å². The molecule has 0 radical (unpaired) electrons. The zero-order valence-corrected chi connectivity index (χ0v) is 8.42. The van der Waals surface area contributed by atoms with E-state index in [4.69, 9.17) is 4.74 Å². The molecule has 4 rings (SSSR count). The molecule has 3 aromatic rings. The SMILES string of the molecule is C1=Cc2nccn3c2c(c2ccccc23)O1. The molecular formula is C13H8N2O. The maximum Gasteiger partial charge on any atom is 0.162 e. The number of rotatable bonds is 0. The summed E-state index contributed by atoms with van der Waals surface area (Å²) in [6.45, 7) is 0. The summed E-state index contributed by atoms with van der Waals surface area (Å²) in [6, 6.07) is 8.21. The normalized spacial score (nSPS) is 13.2. The molecule has 0 amide bonds. The Morgan fingerprint density at radius 2 is 2.12 bits per heavy atom. The Balaban J connectivity index is 2.39. The molecule has 0 aliphatic carbocycles. The van der Waals surface area contributed by atoms with Gasteiger partial charge in [0.1, 0.15) is 5.52 Å². The number of hydrogen-bond donors (Lipinski definition) is 0. The van der Waals surface area contributed by atoms with E-state index in [-0.39, 0.29) is 0 Å². The van der Waals surface area contributed by atoms with Crippen LogP contribution in [0.5, 0.6) is 5.75 Å². The van der Waals surface area contributed by atoms with Gasteiger partial charge in [0, 0.05) is 23.9 Å². The molecule has 0 bridgehead atoms. The van der Waals surface area contributed by atoms with Crippen molar-refractivity contribution in [3.63, 3.8) is 0 Å². The Labute approximate surface area is 91.6 Å². The van der Waals surface area contributed by atoms with Crippen LogP contribution in [0.2, 0.25) is 0 Å². The highest BCUT2D eigenvalue weighted by Gasteiger charge is 2.17. The largest absolute Gasteiger partial charge is 0.462 e. The monoisotopic (exact) mass is 208 g/mol. The number of benzene rings is 1. The van der Waals surface area contributed by atoms with Crippen LogP contribution in [0.15, 0.2) is 42.9 Å². The molecule has 0 fully saturated rings. The first kappa shape index (κ1) is 7.93. The lowest BCUT2D eigenvalue weighted by molar-refractivity contribution is 0.492. The number of para-hydroxylation sites is 1. The average molecular weight is 208 g/mol. The summed E-state index contributed by atoms with van der Waals surface area (Å²) in [5.74, 6) is 0.904. The lowest BCUT2D eigenvalue weighted by atomic mass is 10.2. The van der Waals surface area contributed by atoms with Crippen molar-refractivity contribution in [2.45, 2.75) is 0 Å². The molecule has 3 heteroatoms. The van der Waals surface area contributed by atoms with Crippen LogP contribution >= 0.6 is 0 Å². The van der Waals surface area contributed by atoms with Crippen molar-refractivity contribution in [1.29, 1.82) is 0 Å². The van der Waals surface area contributed by atoms with E-state index in [2.05, 4.69) is 21.5 Å². The summed E-state index contributed by atoms with van der Waals surface area (Å²) in [5.41, 5.74) is 3.16. The van der Waals surface area contributed by atoms with Crippen molar-refractivity contribution >= 4 is 22.5 Å². The fourth-order valence-corrected chi connectivity index (χ4v) is 2.28. The third-order valence-electron chi connectivity index (χ3n) is 2.95. The van der Waals surface area contributed by atoms with E-state index in [1.54, 1.807) is 6.26 Å². The second-order valence-electron chi connectivity index (χ2n) is 3.80. The second kappa shape index (κ2) is 2.64. The van der Waals surface area contributed by atoms with Gasteiger partial charge in [-0.05, 0) is 12.1 Å². The summed E-state index contributed by atoms with van der Waals surface area (Å²) < 4.78 is 7.73. The highest BCUT2D eigenvalue weighted by Crippen LogP contribution is 2.37. The first-order chi connectivity index (χ1) is 7.95. The van der Waals surface area contributed by atoms with Crippen molar-refractivity contribution < 1.29 is 4.74 Å². The van der Waals surface area contributed by atoms with Gasteiger partial charge in [0.2, 0.25) is 0 Å². The molecule has 0 atom stereocenters. The third kappa shape index (κ3) is 0.810. The molecule has 16 heavy (non-hydrogen) atoms. The van der Waals surface area contributed by atoms with Crippen molar-refractivity contribution in [2.24, 2.45) is 0 Å². The van der Waals surface area contributed by atoms with Gasteiger partial charge in [0.15, 0.2) is 5.75 Å². The zero-order valence-electron chi connectivity index (χ0n) is 8.42. The van der Waals surface area contributed by atoms with E-state index in [0.29, 0.717) is 0 Å². The number of fused-ring (bicyclic) bond motifs is 3. The fourth-order valence-electron chi connectivity index (χ4n) is 2.28. The molecule has 0 N–H and O–H groups in total. The molecule has 1 aromatic carbocycles. The van der Waals surface area contributed by atoms with Gasteiger partial charge in [-0.1, -0.05) is 12.1 Å². The molecule has 0 saturated heterocycles. The second-order valence-corrected chi connectivity index (χ2v) is 3.80. The summed E-state index contributed by atoms with van der Waals surface area (Å²) >= 11 is 0. The predicted octanol–water partition coefficient (Wildman–Crippen LogP) is 2.85. The van der Waals surface area contributed by atoms with E-state index in [0.717, 1.165) is 27.9 Å². The summed E-state index contributed by atoms with van der Waals surface area (Å²) in [7, 11) is 0. The van der Waals surface area contributed by atoms with E-state index in [1.165, 1.54) is 0 Å². The number of aromatic nitrogens is 2. The Kier molecular flexibility index (Phi) is 1.31. The van der Waals surface area contributed by atoms with E-state index >= 15 is 0 Å². The summed E-state index contributed by atoms with van der Waals surface area (Å²) in [4.78, 5) is 4.35. The highest BCUT2D eigenvalue weighted by atomic mass is 16.5. The first-order valence-electron chi connectivity index (χ1n) is 5.16. The van der Waals surface area contributed by atoms with Crippen LogP contribution in [0.1, 0.15) is 5.69 Å². The molecular weight excluding hydrogens is 200 g/mol. The Hall–Kier alpha value is -2.29. The smallest absolute Gasteiger partial charge is 0.162 e. The van der Waals surface area contributed by atoms with Gasteiger partial charge >= 0.3 is 0 Å². The number of nitrogens with zero attached hydrogens (tertiary/aromatic N) is 2. The Morgan fingerprint density at radius 3 is 3.12 bits per heavy atom. The lowest BCUT2D eigenvalue weighted by Crippen LogP contribution is -1.95. The van der Waals surface area contributed by atoms with Gasteiger partial charge < -0.3 is 9.14 Å². The predicted molar refractivity (Wildman–Crippen MR) is 62.4 cm³/mol. The Morgan fingerprint density at radius 1 is 1.19 bits per heavy atom. The van der Waals surface area contributed by atoms with Crippen molar-refractivity contribution in [3.05, 3.63) is 48.6 Å². The molecule has 1 aliphatic heterocycles. The van der Waals surface area contributed by atoms with Crippen LogP contribution in [0.25, 0.3) is 22.5 Å². The fraction of sp³-hybridized carbons (Fsp3) is 0. The van der Waals surface area contributed by atoms with E-state index < -0.39 is 0 Å². The molecule has 0 spiro atoms. The van der Waals surface area contributed by atoms with Crippen LogP contribution in [-0.4, -0.2) is 9.38 Å². The highest BCUT2D eigenvalue weighted by molar-refractivity contribution is 5.99. The van der Waals surface area contributed by atoms with Crippen molar-refractivity contribution in [3.8, 4) is 5.75 Å². The van der Waals surface area contributed by atoms with Gasteiger partial charge in [-0.2, -0.15) is 0 Å². The maximum atomic E-state index is 5.61. The van der Waals surface area contributed by atoms with Gasteiger partial charge in [0.05, 0.1) is 17.5 Å². The molecule has 3 nitrogen and oxygen atoms in total. The molecule has 1 aliphatic rings. The average Bonchev–Trinajstić information content (AvgIpc) is 2.68. The number of ether oxygens (including phenoxy) is 1. The maximum absolute atomic E-state index is 5.61. The van der Waals surface area contributed by atoms with E-state index in [9.17, 15) is 0 Å². The van der Waals surface area contributed by atoms with Crippen molar-refractivity contribution in [2.75, 3.05) is 0 Å². The minimum absolute atomic E-state index is 0.904. The van der Waals surface area contributed by atoms with Gasteiger partial charge in [0.25, 0.3) is 0 Å². The third-order valence-corrected chi connectivity index (χ3v) is 2.95. The first-order valence-corrected chi connectivity index (χ1v) is 5.16. The lowest BCUT2D eigenvalue weighted by Gasteiger charge is -2.06. The topological polar surface area (TPSA) is 26.5 Å². The van der Waals surface area contributed by atoms with Gasteiger partial charge in [-0.25, -0.2) is 0 Å². The van der Waals surface area contributed by atoms with Crippen LogP contribution in [-0.2, 0) is 0 Å². The minimum atomic E-state index is 0.904.